The van der Waals surface area contributed by atoms with Gasteiger partial charge in [-0.1, -0.05) is 12.1 Å². The number of alkyl halides is 2. The highest BCUT2D eigenvalue weighted by Crippen LogP contribution is 2.15. The molecule has 0 bridgehead atoms. The first kappa shape index (κ1) is 17.8. The molecule has 0 amide bonds. The number of hydrogen-bond acceptors (Lipinski definition) is 7. The van der Waals surface area contributed by atoms with Crippen LogP contribution in [0, 0.1) is 0 Å². The predicted octanol–water partition coefficient (Wildman–Crippen LogP) is 0.226. The molecule has 22 heavy (non-hydrogen) atoms. The van der Waals surface area contributed by atoms with Gasteiger partial charge in [-0.05, 0) is 17.7 Å². The minimum atomic E-state index is -2.95. The summed E-state index contributed by atoms with van der Waals surface area (Å²) in [4.78, 5) is 22.4. The Morgan fingerprint density at radius 2 is 1.64 bits per heavy atom. The summed E-state index contributed by atoms with van der Waals surface area (Å²) in [6.45, 7) is -3.24. The minimum absolute atomic E-state index is 0.0637. The van der Waals surface area contributed by atoms with E-state index in [2.05, 4.69) is 14.2 Å². The zero-order valence-corrected chi connectivity index (χ0v) is 11.4. The zero-order valence-electron chi connectivity index (χ0n) is 11.4. The Bertz CT molecular complexity index is 504. The Balaban J connectivity index is 2.51. The molecule has 0 saturated carbocycles. The van der Waals surface area contributed by atoms with Crippen molar-refractivity contribution in [2.45, 2.75) is 25.4 Å². The van der Waals surface area contributed by atoms with Gasteiger partial charge in [0.15, 0.2) is 12.2 Å². The fraction of sp³-hybridized carbons (Fsp3) is 0.385. The van der Waals surface area contributed by atoms with Crippen LogP contribution in [0.15, 0.2) is 24.3 Å². The smallest absolute Gasteiger partial charge is 0.387 e. The molecule has 2 N–H and O–H groups in total. The number of aliphatic hydroxyl groups is 2. The van der Waals surface area contributed by atoms with Gasteiger partial charge in [0.2, 0.25) is 0 Å². The topological polar surface area (TPSA) is 102 Å². The monoisotopic (exact) mass is 320 g/mol. The van der Waals surface area contributed by atoms with E-state index in [-0.39, 0.29) is 12.4 Å². The molecule has 1 rings (SSSR count). The Hall–Kier alpha value is -2.26. The molecule has 0 radical (unpaired) electrons. The molecule has 0 aromatic heterocycles. The maximum atomic E-state index is 12.0. The van der Waals surface area contributed by atoms with Crippen molar-refractivity contribution in [1.82, 2.24) is 0 Å². The van der Waals surface area contributed by atoms with Crippen LogP contribution >= 0.6 is 0 Å². The molecule has 0 fully saturated rings. The highest BCUT2D eigenvalue weighted by Gasteiger charge is 2.32. The number of aliphatic hydroxyl groups excluding tert-OH is 2. The number of rotatable bonds is 7. The first-order chi connectivity index (χ1) is 10.3. The van der Waals surface area contributed by atoms with E-state index >= 15 is 0 Å². The number of benzene rings is 1. The molecule has 1 aromatic carbocycles. The van der Waals surface area contributed by atoms with Gasteiger partial charge in [-0.3, -0.25) is 0 Å². The third-order valence-corrected chi connectivity index (χ3v) is 2.51. The van der Waals surface area contributed by atoms with Crippen LogP contribution in [0.5, 0.6) is 5.75 Å². The van der Waals surface area contributed by atoms with Crippen molar-refractivity contribution in [3.8, 4) is 5.75 Å². The van der Waals surface area contributed by atoms with Gasteiger partial charge in [0.25, 0.3) is 0 Å². The molecule has 0 aliphatic heterocycles. The lowest BCUT2D eigenvalue weighted by Gasteiger charge is -2.14. The number of carbonyl (C=O) groups excluding carboxylic acids is 2. The second kappa shape index (κ2) is 8.25. The van der Waals surface area contributed by atoms with E-state index in [1.54, 1.807) is 0 Å². The van der Waals surface area contributed by atoms with E-state index in [1.165, 1.54) is 24.3 Å². The van der Waals surface area contributed by atoms with Gasteiger partial charge in [-0.15, -0.1) is 0 Å². The van der Waals surface area contributed by atoms with Gasteiger partial charge < -0.3 is 24.4 Å². The number of esters is 2. The van der Waals surface area contributed by atoms with Crippen molar-refractivity contribution in [1.29, 1.82) is 0 Å². The average Bonchev–Trinajstić information content (AvgIpc) is 2.51. The maximum absolute atomic E-state index is 12.0. The Morgan fingerprint density at radius 3 is 2.14 bits per heavy atom. The standard InChI is InChI=1S/C13H14F2O7/c1-20-11(18)9(16)10(17)12(19)21-6-7-2-4-8(5-3-7)22-13(14)15/h2-5,9-10,13,16-17H,6H2,1H3. The Labute approximate surface area is 124 Å². The largest absolute Gasteiger partial charge is 0.467 e. The quantitative estimate of drug-likeness (QED) is 0.693. The van der Waals surface area contributed by atoms with Crippen LogP contribution in [0.2, 0.25) is 0 Å². The summed E-state index contributed by atoms with van der Waals surface area (Å²) in [5.41, 5.74) is 0.426. The Morgan fingerprint density at radius 1 is 1.09 bits per heavy atom. The molecule has 0 spiro atoms. The average molecular weight is 320 g/mol. The van der Waals surface area contributed by atoms with Crippen molar-refractivity contribution in [3.05, 3.63) is 29.8 Å². The van der Waals surface area contributed by atoms with Crippen LogP contribution in [-0.2, 0) is 25.7 Å². The summed E-state index contributed by atoms with van der Waals surface area (Å²) in [7, 11) is 0.979. The third kappa shape index (κ3) is 5.26. The van der Waals surface area contributed by atoms with Gasteiger partial charge in [0.1, 0.15) is 12.4 Å². The molecule has 1 aromatic rings. The number of carbonyl (C=O) groups is 2. The van der Waals surface area contributed by atoms with E-state index < -0.39 is 30.8 Å². The molecular formula is C13H14F2O7. The van der Waals surface area contributed by atoms with Crippen molar-refractivity contribution in [2.75, 3.05) is 7.11 Å². The summed E-state index contributed by atoms with van der Waals surface area (Å²) < 4.78 is 36.9. The maximum Gasteiger partial charge on any atom is 0.387 e. The molecule has 0 aliphatic rings. The van der Waals surface area contributed by atoms with Crippen LogP contribution in [0.4, 0.5) is 8.78 Å². The second-order valence-corrected chi connectivity index (χ2v) is 4.04. The molecule has 122 valence electrons. The molecule has 9 heteroatoms. The number of halogens is 2. The normalized spacial score (nSPS) is 13.4. The summed E-state index contributed by atoms with van der Waals surface area (Å²) in [6, 6.07) is 5.23. The van der Waals surface area contributed by atoms with Gasteiger partial charge in [0.05, 0.1) is 7.11 Å². The molecule has 0 saturated heterocycles. The molecule has 2 atom stereocenters. The molecule has 2 unspecified atom stereocenters. The van der Waals surface area contributed by atoms with Crippen LogP contribution in [0.1, 0.15) is 5.56 Å². The number of methoxy groups -OCH3 is 1. The van der Waals surface area contributed by atoms with E-state index in [4.69, 9.17) is 0 Å². The van der Waals surface area contributed by atoms with E-state index in [9.17, 15) is 28.6 Å². The molecular weight excluding hydrogens is 306 g/mol. The summed E-state index contributed by atoms with van der Waals surface area (Å²) in [5.74, 6) is -2.48. The zero-order chi connectivity index (χ0) is 16.7. The van der Waals surface area contributed by atoms with Crippen LogP contribution in [0.25, 0.3) is 0 Å². The minimum Gasteiger partial charge on any atom is -0.467 e. The van der Waals surface area contributed by atoms with E-state index in [0.29, 0.717) is 5.56 Å². The van der Waals surface area contributed by atoms with Crippen LogP contribution in [0.3, 0.4) is 0 Å². The van der Waals surface area contributed by atoms with Gasteiger partial charge >= 0.3 is 18.6 Å². The van der Waals surface area contributed by atoms with Crippen molar-refractivity contribution in [2.24, 2.45) is 0 Å². The van der Waals surface area contributed by atoms with Crippen molar-refractivity contribution >= 4 is 11.9 Å². The van der Waals surface area contributed by atoms with Crippen molar-refractivity contribution < 1.29 is 42.8 Å². The van der Waals surface area contributed by atoms with E-state index in [1.807, 2.05) is 0 Å². The summed E-state index contributed by atoms with van der Waals surface area (Å²) in [6.07, 6.45) is -4.15. The lowest BCUT2D eigenvalue weighted by molar-refractivity contribution is -0.172. The first-order valence-electron chi connectivity index (χ1n) is 5.99. The predicted molar refractivity (Wildman–Crippen MR) is 66.9 cm³/mol. The fourth-order valence-corrected chi connectivity index (χ4v) is 1.39. The van der Waals surface area contributed by atoms with Crippen LogP contribution in [-0.4, -0.2) is 48.1 Å². The van der Waals surface area contributed by atoms with Gasteiger partial charge in [0, 0.05) is 0 Å². The SMILES string of the molecule is COC(=O)C(O)C(O)C(=O)OCc1ccc(OC(F)F)cc1. The lowest BCUT2D eigenvalue weighted by Crippen LogP contribution is -2.41. The highest BCUT2D eigenvalue weighted by atomic mass is 19.3. The fourth-order valence-electron chi connectivity index (χ4n) is 1.39. The Kier molecular flexibility index (Phi) is 6.67. The van der Waals surface area contributed by atoms with Gasteiger partial charge in [-0.25, -0.2) is 9.59 Å². The molecule has 0 aliphatic carbocycles. The number of ether oxygens (including phenoxy) is 3. The summed E-state index contributed by atoms with van der Waals surface area (Å²) in [5, 5.41) is 18.6. The lowest BCUT2D eigenvalue weighted by atomic mass is 10.2. The number of hydrogen-bond donors (Lipinski definition) is 2. The van der Waals surface area contributed by atoms with Gasteiger partial charge in [-0.2, -0.15) is 8.78 Å². The van der Waals surface area contributed by atoms with Crippen molar-refractivity contribution in [3.63, 3.8) is 0 Å². The highest BCUT2D eigenvalue weighted by molar-refractivity contribution is 5.85. The van der Waals surface area contributed by atoms with Crippen LogP contribution < -0.4 is 4.74 Å². The molecule has 0 heterocycles. The molecule has 7 nitrogen and oxygen atoms in total. The first-order valence-corrected chi connectivity index (χ1v) is 5.99. The van der Waals surface area contributed by atoms with E-state index in [0.717, 1.165) is 7.11 Å². The summed E-state index contributed by atoms with van der Waals surface area (Å²) >= 11 is 0. The third-order valence-electron chi connectivity index (χ3n) is 2.51. The second-order valence-electron chi connectivity index (χ2n) is 4.04.